The molecule has 1 fully saturated rings. The number of hydrogen-bond donors (Lipinski definition) is 1. The Hall–Kier alpha value is -4.66. The molecule has 12 nitrogen and oxygen atoms in total. The molecule has 1 unspecified atom stereocenters. The standard InChI is InChI=1S/C31H36N8O4/c1-6-7-16-38-25-26(35-28(38)37-15-9-11-20(17-37)32-29(41)43-31(2,3)4)36(5)30(42)39(27(25)40)18-23-33-21-12-8-10-19-13-14-22(34-23)24(19)21/h8,10,12,20H,9,11,13-18H2,1-5H3,(H,32,41). The molecule has 12 heteroatoms. The van der Waals surface area contributed by atoms with Crippen LogP contribution in [0.4, 0.5) is 10.7 Å². The molecule has 0 bridgehead atoms. The molecule has 0 radical (unpaired) electrons. The highest BCUT2D eigenvalue weighted by Crippen LogP contribution is 2.28. The zero-order valence-corrected chi connectivity index (χ0v) is 25.2. The van der Waals surface area contributed by atoms with Crippen molar-refractivity contribution in [3.8, 4) is 11.8 Å². The zero-order chi connectivity index (χ0) is 30.5. The summed E-state index contributed by atoms with van der Waals surface area (Å²) in [5.41, 5.74) is 2.00. The Bertz CT molecular complexity index is 1940. The first kappa shape index (κ1) is 28.5. The number of nitrogens with one attached hydrogen (secondary N) is 1. The van der Waals surface area contributed by atoms with E-state index in [0.717, 1.165) is 42.3 Å². The van der Waals surface area contributed by atoms with Crippen molar-refractivity contribution in [2.45, 2.75) is 78.1 Å². The van der Waals surface area contributed by atoms with E-state index in [9.17, 15) is 14.4 Å². The number of piperidine rings is 1. The van der Waals surface area contributed by atoms with Crippen LogP contribution in [0.5, 0.6) is 0 Å². The minimum Gasteiger partial charge on any atom is -0.444 e. The number of imidazole rings is 1. The van der Waals surface area contributed by atoms with E-state index in [1.54, 1.807) is 18.5 Å². The van der Waals surface area contributed by atoms with E-state index in [-0.39, 0.29) is 30.3 Å². The van der Waals surface area contributed by atoms with Gasteiger partial charge in [0.25, 0.3) is 5.56 Å². The number of ether oxygens (including phenoxy) is 1. The lowest BCUT2D eigenvalue weighted by molar-refractivity contribution is 0.0499. The maximum absolute atomic E-state index is 14.0. The summed E-state index contributed by atoms with van der Waals surface area (Å²) >= 11 is 0. The van der Waals surface area contributed by atoms with Crippen molar-refractivity contribution in [1.82, 2.24) is 34.0 Å². The second-order valence-electron chi connectivity index (χ2n) is 12.2. The number of anilines is 1. The molecule has 1 atom stereocenters. The van der Waals surface area contributed by atoms with Gasteiger partial charge >= 0.3 is 11.8 Å². The van der Waals surface area contributed by atoms with Gasteiger partial charge in [-0.05, 0) is 65.0 Å². The van der Waals surface area contributed by atoms with Crippen molar-refractivity contribution in [2.75, 3.05) is 18.0 Å². The predicted octanol–water partition coefficient (Wildman–Crippen LogP) is 2.50. The highest BCUT2D eigenvalue weighted by molar-refractivity contribution is 5.86. The molecule has 3 aromatic heterocycles. The molecule has 1 saturated heterocycles. The number of carbonyl (C=O) groups is 1. The Kier molecular flexibility index (Phi) is 7.20. The largest absolute Gasteiger partial charge is 0.444 e. The molecule has 1 aliphatic heterocycles. The number of rotatable bonds is 5. The van der Waals surface area contributed by atoms with E-state index < -0.39 is 22.9 Å². The number of aromatic nitrogens is 6. The summed E-state index contributed by atoms with van der Waals surface area (Å²) in [5, 5.41) is 4.04. The summed E-state index contributed by atoms with van der Waals surface area (Å²) in [6.07, 6.45) is 2.83. The second kappa shape index (κ2) is 10.9. The van der Waals surface area contributed by atoms with E-state index in [1.807, 2.05) is 37.8 Å². The molecule has 43 heavy (non-hydrogen) atoms. The van der Waals surface area contributed by atoms with Crippen molar-refractivity contribution < 1.29 is 9.53 Å². The highest BCUT2D eigenvalue weighted by Gasteiger charge is 2.29. The van der Waals surface area contributed by atoms with Gasteiger partial charge in [-0.3, -0.25) is 18.5 Å². The second-order valence-corrected chi connectivity index (χ2v) is 12.2. The van der Waals surface area contributed by atoms with E-state index in [0.29, 0.717) is 24.9 Å². The third kappa shape index (κ3) is 5.35. The van der Waals surface area contributed by atoms with Crippen LogP contribution in [0, 0.1) is 11.8 Å². The van der Waals surface area contributed by atoms with Gasteiger partial charge in [0.2, 0.25) is 5.95 Å². The predicted molar refractivity (Wildman–Crippen MR) is 163 cm³/mol. The number of amides is 1. The molecule has 4 heterocycles. The van der Waals surface area contributed by atoms with Gasteiger partial charge in [0.15, 0.2) is 11.2 Å². The summed E-state index contributed by atoms with van der Waals surface area (Å²) in [6.45, 7) is 8.52. The number of fused-ring (bicyclic) bond motifs is 1. The molecule has 1 N–H and O–H groups in total. The number of carbonyl (C=O) groups excluding carboxylic acids is 1. The summed E-state index contributed by atoms with van der Waals surface area (Å²) < 4.78 is 9.80. The maximum atomic E-state index is 14.0. The van der Waals surface area contributed by atoms with Crippen LogP contribution in [-0.2, 0) is 37.7 Å². The first-order chi connectivity index (χ1) is 20.5. The third-order valence-corrected chi connectivity index (χ3v) is 7.91. The molecule has 6 rings (SSSR count). The minimum atomic E-state index is -0.603. The van der Waals surface area contributed by atoms with Crippen LogP contribution in [-0.4, -0.2) is 59.5 Å². The van der Waals surface area contributed by atoms with Crippen LogP contribution < -0.4 is 21.5 Å². The van der Waals surface area contributed by atoms with Crippen LogP contribution in [0.2, 0.25) is 0 Å². The smallest absolute Gasteiger partial charge is 0.407 e. The van der Waals surface area contributed by atoms with Crippen molar-refractivity contribution in [3.63, 3.8) is 0 Å². The van der Waals surface area contributed by atoms with Gasteiger partial charge in [-0.1, -0.05) is 18.1 Å². The fourth-order valence-corrected chi connectivity index (χ4v) is 6.04. The van der Waals surface area contributed by atoms with E-state index >= 15 is 0 Å². The highest BCUT2D eigenvalue weighted by atomic mass is 16.6. The number of nitrogens with zero attached hydrogens (tertiary/aromatic N) is 7. The molecule has 2 aliphatic rings. The molecule has 0 spiro atoms. The van der Waals surface area contributed by atoms with E-state index in [1.165, 1.54) is 14.7 Å². The molecule has 1 aliphatic carbocycles. The zero-order valence-electron chi connectivity index (χ0n) is 25.2. The first-order valence-corrected chi connectivity index (χ1v) is 14.7. The Morgan fingerprint density at radius 3 is 2.72 bits per heavy atom. The van der Waals surface area contributed by atoms with Crippen LogP contribution in [0.15, 0.2) is 27.8 Å². The number of alkyl carbamates (subject to hydrolysis) is 1. The van der Waals surface area contributed by atoms with Crippen LogP contribution in [0.1, 0.15) is 57.6 Å². The van der Waals surface area contributed by atoms with E-state index in [4.69, 9.17) is 19.7 Å². The fourth-order valence-electron chi connectivity index (χ4n) is 6.04. The Balaban J connectivity index is 1.39. The molecular formula is C31H36N8O4. The summed E-state index contributed by atoms with van der Waals surface area (Å²) in [4.78, 5) is 56.4. The van der Waals surface area contributed by atoms with E-state index in [2.05, 4.69) is 23.2 Å². The van der Waals surface area contributed by atoms with Crippen molar-refractivity contribution >= 4 is 34.1 Å². The molecule has 1 aromatic carbocycles. The van der Waals surface area contributed by atoms with Gasteiger partial charge in [-0.15, -0.1) is 5.92 Å². The molecule has 1 amide bonds. The lowest BCUT2D eigenvalue weighted by atomic mass is 10.1. The van der Waals surface area contributed by atoms with Crippen molar-refractivity contribution in [2.24, 2.45) is 7.05 Å². The monoisotopic (exact) mass is 584 g/mol. The lowest BCUT2D eigenvalue weighted by Crippen LogP contribution is -2.49. The number of hydrogen-bond acceptors (Lipinski definition) is 8. The molecular weight excluding hydrogens is 548 g/mol. The van der Waals surface area contributed by atoms with Crippen molar-refractivity contribution in [1.29, 1.82) is 0 Å². The topological polar surface area (TPSA) is 129 Å². The average Bonchev–Trinajstić information content (AvgIpc) is 3.55. The van der Waals surface area contributed by atoms with Gasteiger partial charge in [0.1, 0.15) is 11.4 Å². The molecule has 224 valence electrons. The third-order valence-electron chi connectivity index (χ3n) is 7.91. The Morgan fingerprint density at radius 1 is 1.14 bits per heavy atom. The summed E-state index contributed by atoms with van der Waals surface area (Å²) in [5.74, 6) is 6.91. The van der Waals surface area contributed by atoms with Crippen LogP contribution in [0.3, 0.4) is 0 Å². The van der Waals surface area contributed by atoms with Crippen LogP contribution >= 0.6 is 0 Å². The Morgan fingerprint density at radius 2 is 1.95 bits per heavy atom. The van der Waals surface area contributed by atoms with Crippen molar-refractivity contribution in [3.05, 3.63) is 56.1 Å². The molecule has 0 saturated carbocycles. The van der Waals surface area contributed by atoms with Gasteiger partial charge in [0, 0.05) is 31.6 Å². The number of aryl methyl sites for hydroxylation is 3. The van der Waals surface area contributed by atoms with Crippen LogP contribution in [0.25, 0.3) is 22.1 Å². The van der Waals surface area contributed by atoms with Gasteiger partial charge in [-0.25, -0.2) is 19.6 Å². The summed E-state index contributed by atoms with van der Waals surface area (Å²) in [6, 6.07) is 5.84. The minimum absolute atomic E-state index is 0.0554. The quantitative estimate of drug-likeness (QED) is 0.355. The maximum Gasteiger partial charge on any atom is 0.407 e. The normalized spacial score (nSPS) is 16.4. The average molecular weight is 585 g/mol. The first-order valence-electron chi connectivity index (χ1n) is 14.7. The fraction of sp³-hybridized carbons (Fsp3) is 0.484. The number of benzene rings is 1. The summed E-state index contributed by atoms with van der Waals surface area (Å²) in [7, 11) is 1.61. The Labute approximate surface area is 248 Å². The van der Waals surface area contributed by atoms with Gasteiger partial charge < -0.3 is 15.0 Å². The SMILES string of the molecule is CC#CCn1c(N2CCCC(NC(=O)OC(C)(C)C)C2)nc2c1c(=O)n(Cc1nc3c4c(cccc4n1)CC3)c(=O)n2C. The lowest BCUT2D eigenvalue weighted by Gasteiger charge is -2.34. The molecule has 4 aromatic rings. The van der Waals surface area contributed by atoms with Gasteiger partial charge in [-0.2, -0.15) is 4.98 Å². The van der Waals surface area contributed by atoms with Gasteiger partial charge in [0.05, 0.1) is 24.3 Å².